The first-order chi connectivity index (χ1) is 9.51. The van der Waals surface area contributed by atoms with Crippen molar-refractivity contribution in [1.29, 1.82) is 0 Å². The van der Waals surface area contributed by atoms with Gasteiger partial charge in [0, 0.05) is 28.0 Å². The van der Waals surface area contributed by atoms with Crippen LogP contribution in [0.5, 0.6) is 11.5 Å². The lowest BCUT2D eigenvalue weighted by atomic mass is 10.2. The van der Waals surface area contributed by atoms with E-state index < -0.39 is 4.92 Å². The van der Waals surface area contributed by atoms with Gasteiger partial charge < -0.3 is 4.74 Å². The average Bonchev–Trinajstić information content (AvgIpc) is 2.40. The molecule has 0 saturated carbocycles. The maximum Gasteiger partial charge on any atom is 0.288 e. The minimum atomic E-state index is -0.543. The number of alkyl halides is 1. The molecule has 0 aliphatic rings. The second kappa shape index (κ2) is 6.43. The van der Waals surface area contributed by atoms with E-state index in [9.17, 15) is 10.1 Å². The molecule has 0 atom stereocenters. The Kier molecular flexibility index (Phi) is 4.86. The Hall–Kier alpha value is -1.30. The number of hydrogen-bond acceptors (Lipinski definition) is 3. The fraction of sp³-hybridized carbons (Fsp3) is 0.0769. The Bertz CT molecular complexity index is 664. The molecule has 0 aliphatic heterocycles. The van der Waals surface area contributed by atoms with E-state index in [4.69, 9.17) is 27.9 Å². The van der Waals surface area contributed by atoms with E-state index in [1.165, 1.54) is 18.2 Å². The van der Waals surface area contributed by atoms with Crippen molar-refractivity contribution < 1.29 is 9.66 Å². The summed E-state index contributed by atoms with van der Waals surface area (Å²) in [4.78, 5) is 10.1. The topological polar surface area (TPSA) is 52.4 Å². The number of benzene rings is 2. The van der Waals surface area contributed by atoms with Crippen LogP contribution in [-0.2, 0) is 5.33 Å². The maximum atomic E-state index is 10.7. The Labute approximate surface area is 133 Å². The second-order valence-corrected chi connectivity index (χ2v) is 5.26. The van der Waals surface area contributed by atoms with Crippen molar-refractivity contribution in [3.8, 4) is 11.5 Å². The molecule has 0 amide bonds. The SMILES string of the molecule is O=[N+]([O-])c1ccc(Oc2ccc(Cl)cc2CBr)cc1Cl. The van der Waals surface area contributed by atoms with Gasteiger partial charge >= 0.3 is 0 Å². The van der Waals surface area contributed by atoms with Crippen molar-refractivity contribution in [2.75, 3.05) is 0 Å². The predicted molar refractivity (Wildman–Crippen MR) is 82.3 cm³/mol. The van der Waals surface area contributed by atoms with Crippen LogP contribution in [0.3, 0.4) is 0 Å². The van der Waals surface area contributed by atoms with Crippen LogP contribution in [0.25, 0.3) is 0 Å². The van der Waals surface area contributed by atoms with Crippen molar-refractivity contribution in [1.82, 2.24) is 0 Å². The predicted octanol–water partition coefficient (Wildman–Crippen LogP) is 5.59. The first-order valence-electron chi connectivity index (χ1n) is 5.47. The molecule has 0 spiro atoms. The lowest BCUT2D eigenvalue weighted by Gasteiger charge is -2.10. The monoisotopic (exact) mass is 375 g/mol. The molecule has 2 rings (SSSR count). The van der Waals surface area contributed by atoms with E-state index >= 15 is 0 Å². The minimum absolute atomic E-state index is 0.0295. The molecule has 0 unspecified atom stereocenters. The first kappa shape index (κ1) is 15.1. The summed E-state index contributed by atoms with van der Waals surface area (Å²) in [6.45, 7) is 0. The summed E-state index contributed by atoms with van der Waals surface area (Å²) in [5, 5.41) is 11.9. The summed E-state index contributed by atoms with van der Waals surface area (Å²) in [6, 6.07) is 9.42. The number of halogens is 3. The second-order valence-electron chi connectivity index (χ2n) is 3.86. The minimum Gasteiger partial charge on any atom is -0.457 e. The summed E-state index contributed by atoms with van der Waals surface area (Å²) >= 11 is 15.1. The van der Waals surface area contributed by atoms with E-state index in [-0.39, 0.29) is 10.7 Å². The third kappa shape index (κ3) is 3.42. The molecule has 2 aromatic carbocycles. The third-order valence-electron chi connectivity index (χ3n) is 2.51. The van der Waals surface area contributed by atoms with Crippen LogP contribution in [0.2, 0.25) is 10.0 Å². The largest absolute Gasteiger partial charge is 0.457 e. The molecule has 0 heterocycles. The first-order valence-corrected chi connectivity index (χ1v) is 7.35. The highest BCUT2D eigenvalue weighted by Gasteiger charge is 2.13. The van der Waals surface area contributed by atoms with Crippen molar-refractivity contribution in [2.45, 2.75) is 5.33 Å². The summed E-state index contributed by atoms with van der Waals surface area (Å²) in [6.07, 6.45) is 0. The van der Waals surface area contributed by atoms with Gasteiger partial charge in [-0.15, -0.1) is 0 Å². The highest BCUT2D eigenvalue weighted by atomic mass is 79.9. The summed E-state index contributed by atoms with van der Waals surface area (Å²) < 4.78 is 5.68. The van der Waals surface area contributed by atoms with E-state index in [0.717, 1.165) is 5.56 Å². The number of rotatable bonds is 4. The molecule has 0 bridgehead atoms. The molecular formula is C13H8BrCl2NO3. The standard InChI is InChI=1S/C13H8BrCl2NO3/c14-7-8-5-9(15)1-4-13(8)20-10-2-3-12(17(18)19)11(16)6-10/h1-6H,7H2. The molecule has 0 N–H and O–H groups in total. The van der Waals surface area contributed by atoms with Crippen LogP contribution in [0.1, 0.15) is 5.56 Å². The fourth-order valence-electron chi connectivity index (χ4n) is 1.58. The molecule has 4 nitrogen and oxygen atoms in total. The zero-order valence-corrected chi connectivity index (χ0v) is 13.1. The zero-order chi connectivity index (χ0) is 14.7. The van der Waals surface area contributed by atoms with E-state index in [1.54, 1.807) is 18.2 Å². The van der Waals surface area contributed by atoms with Gasteiger partial charge in [-0.25, -0.2) is 0 Å². The van der Waals surface area contributed by atoms with Gasteiger partial charge in [0.25, 0.3) is 5.69 Å². The summed E-state index contributed by atoms with van der Waals surface area (Å²) in [5.74, 6) is 1.03. The van der Waals surface area contributed by atoms with Crippen LogP contribution in [0, 0.1) is 10.1 Å². The molecule has 7 heteroatoms. The molecule has 104 valence electrons. The van der Waals surface area contributed by atoms with Crippen LogP contribution in [-0.4, -0.2) is 4.92 Å². The zero-order valence-electron chi connectivity index (χ0n) is 9.98. The van der Waals surface area contributed by atoms with Crippen molar-refractivity contribution in [3.05, 3.63) is 62.1 Å². The Balaban J connectivity index is 2.31. The molecule has 20 heavy (non-hydrogen) atoms. The molecule has 0 aliphatic carbocycles. The number of nitro benzene ring substituents is 1. The Morgan fingerprint density at radius 1 is 1.20 bits per heavy atom. The van der Waals surface area contributed by atoms with Crippen LogP contribution in [0.4, 0.5) is 5.69 Å². The normalized spacial score (nSPS) is 10.3. The Morgan fingerprint density at radius 2 is 1.95 bits per heavy atom. The number of nitro groups is 1. The van der Waals surface area contributed by atoms with Crippen LogP contribution in [0.15, 0.2) is 36.4 Å². The summed E-state index contributed by atoms with van der Waals surface area (Å²) in [5.41, 5.74) is 0.711. The fourth-order valence-corrected chi connectivity index (χ4v) is 2.45. The lowest BCUT2D eigenvalue weighted by Crippen LogP contribution is -1.92. The van der Waals surface area contributed by atoms with Gasteiger partial charge in [0.2, 0.25) is 0 Å². The van der Waals surface area contributed by atoms with Gasteiger partial charge in [-0.05, 0) is 24.3 Å². The average molecular weight is 377 g/mol. The van der Waals surface area contributed by atoms with Gasteiger partial charge in [0.1, 0.15) is 16.5 Å². The number of hydrogen-bond donors (Lipinski definition) is 0. The van der Waals surface area contributed by atoms with Crippen molar-refractivity contribution >= 4 is 44.8 Å². The van der Waals surface area contributed by atoms with Gasteiger partial charge in [-0.3, -0.25) is 10.1 Å². The van der Waals surface area contributed by atoms with Gasteiger partial charge in [-0.1, -0.05) is 39.1 Å². The van der Waals surface area contributed by atoms with Gasteiger partial charge in [0.15, 0.2) is 0 Å². The Morgan fingerprint density at radius 3 is 2.55 bits per heavy atom. The molecule has 0 fully saturated rings. The maximum absolute atomic E-state index is 10.7. The molecule has 0 aromatic heterocycles. The molecule has 0 radical (unpaired) electrons. The quantitative estimate of drug-likeness (QED) is 0.397. The third-order valence-corrected chi connectivity index (χ3v) is 3.65. The molecule has 0 saturated heterocycles. The molecular weight excluding hydrogens is 369 g/mol. The van der Waals surface area contributed by atoms with Crippen LogP contribution < -0.4 is 4.74 Å². The summed E-state index contributed by atoms with van der Waals surface area (Å²) in [7, 11) is 0. The van der Waals surface area contributed by atoms with Crippen LogP contribution >= 0.6 is 39.1 Å². The van der Waals surface area contributed by atoms with E-state index in [0.29, 0.717) is 21.9 Å². The highest BCUT2D eigenvalue weighted by molar-refractivity contribution is 9.08. The van der Waals surface area contributed by atoms with Gasteiger partial charge in [0.05, 0.1) is 4.92 Å². The lowest BCUT2D eigenvalue weighted by molar-refractivity contribution is -0.384. The number of ether oxygens (including phenoxy) is 1. The highest BCUT2D eigenvalue weighted by Crippen LogP contribution is 2.33. The molecule has 2 aromatic rings. The van der Waals surface area contributed by atoms with Crippen molar-refractivity contribution in [3.63, 3.8) is 0 Å². The smallest absolute Gasteiger partial charge is 0.288 e. The van der Waals surface area contributed by atoms with E-state index in [1.807, 2.05) is 0 Å². The van der Waals surface area contributed by atoms with Crippen molar-refractivity contribution in [2.24, 2.45) is 0 Å². The number of nitrogens with zero attached hydrogens (tertiary/aromatic N) is 1. The van der Waals surface area contributed by atoms with E-state index in [2.05, 4.69) is 15.9 Å². The van der Waals surface area contributed by atoms with Gasteiger partial charge in [-0.2, -0.15) is 0 Å².